The van der Waals surface area contributed by atoms with Crippen LogP contribution in [-0.4, -0.2) is 41.0 Å². The highest BCUT2D eigenvalue weighted by Gasteiger charge is 2.36. The molecule has 154 valence electrons. The zero-order valence-corrected chi connectivity index (χ0v) is 17.2. The van der Waals surface area contributed by atoms with Gasteiger partial charge < -0.3 is 10.8 Å². The summed E-state index contributed by atoms with van der Waals surface area (Å²) in [6.45, 7) is 3.35. The van der Waals surface area contributed by atoms with E-state index < -0.39 is 5.97 Å². The molecule has 0 spiro atoms. The molecule has 1 unspecified atom stereocenters. The first-order valence-electron chi connectivity index (χ1n) is 10.8. The molecule has 0 saturated heterocycles. The summed E-state index contributed by atoms with van der Waals surface area (Å²) in [6, 6.07) is 0. The number of carbonyl (C=O) groups is 1. The molecule has 1 aliphatic heterocycles. The molecule has 0 aliphatic carbocycles. The van der Waals surface area contributed by atoms with Gasteiger partial charge in [0.15, 0.2) is 6.54 Å². The lowest BCUT2D eigenvalue weighted by molar-refractivity contribution is -0.778. The third-order valence-corrected chi connectivity index (χ3v) is 5.20. The minimum atomic E-state index is -0.805. The zero-order chi connectivity index (χ0) is 19.8. The number of rotatable bonds is 17. The van der Waals surface area contributed by atoms with Crippen LogP contribution in [0.4, 0.5) is 0 Å². The van der Waals surface area contributed by atoms with Crippen molar-refractivity contribution in [3.8, 4) is 0 Å². The number of hydrogen-bond donors (Lipinski definition) is 2. The Kier molecular flexibility index (Phi) is 12.7. The zero-order valence-electron chi connectivity index (χ0n) is 17.2. The molecule has 3 N–H and O–H groups in total. The Bertz CT molecular complexity index is 500. The summed E-state index contributed by atoms with van der Waals surface area (Å²) >= 11 is 0. The van der Waals surface area contributed by atoms with Crippen molar-refractivity contribution >= 4 is 11.8 Å². The molecule has 1 atom stereocenters. The highest BCUT2D eigenvalue weighted by molar-refractivity contribution is 5.81. The number of carboxylic acids is 1. The van der Waals surface area contributed by atoms with Crippen LogP contribution in [0.3, 0.4) is 0 Å². The van der Waals surface area contributed by atoms with Crippen LogP contribution in [0.5, 0.6) is 0 Å². The molecule has 0 aromatic carbocycles. The number of amidine groups is 1. The van der Waals surface area contributed by atoms with Crippen molar-refractivity contribution < 1.29 is 14.4 Å². The second-order valence-electron chi connectivity index (χ2n) is 7.57. The fourth-order valence-electron chi connectivity index (χ4n) is 3.63. The molecule has 5 nitrogen and oxygen atoms in total. The summed E-state index contributed by atoms with van der Waals surface area (Å²) in [5.41, 5.74) is 5.70. The number of aliphatic carboxylic acids is 1. The number of nitrogens with zero attached hydrogens (tertiary/aromatic N) is 2. The second kappa shape index (κ2) is 14.6. The van der Waals surface area contributed by atoms with E-state index in [0.29, 0.717) is 17.6 Å². The van der Waals surface area contributed by atoms with E-state index in [0.717, 1.165) is 18.7 Å². The normalized spacial score (nSPS) is 19.1. The summed E-state index contributed by atoms with van der Waals surface area (Å²) in [6.07, 6.45) is 23.0. The van der Waals surface area contributed by atoms with Crippen molar-refractivity contribution in [3.63, 3.8) is 0 Å². The van der Waals surface area contributed by atoms with E-state index in [9.17, 15) is 9.90 Å². The van der Waals surface area contributed by atoms with Crippen LogP contribution in [0.2, 0.25) is 0 Å². The lowest BCUT2D eigenvalue weighted by Gasteiger charge is -2.30. The third kappa shape index (κ3) is 9.87. The van der Waals surface area contributed by atoms with Gasteiger partial charge in [0, 0.05) is 13.0 Å². The van der Waals surface area contributed by atoms with Crippen LogP contribution in [0, 0.1) is 0 Å². The lowest BCUT2D eigenvalue weighted by Crippen LogP contribution is -2.52. The maximum atomic E-state index is 11.2. The quantitative estimate of drug-likeness (QED) is 0.213. The van der Waals surface area contributed by atoms with Gasteiger partial charge in [0.25, 0.3) is 0 Å². The maximum Gasteiger partial charge on any atom is 0.360 e. The van der Waals surface area contributed by atoms with Gasteiger partial charge in [-0.1, -0.05) is 57.6 Å². The fourth-order valence-corrected chi connectivity index (χ4v) is 3.63. The fraction of sp³-hybridized carbons (Fsp3) is 0.727. The standard InChI is InChI=1S/C22H39N3O2/c1-2-3-4-5-6-7-8-9-10-11-12-13-14-15-21-24-17-19-25(21,18-16-23)20-22(26)27/h7-8,17,19H,2-6,9-16,18,20,23H2,1H3/p+1/b8-7+. The van der Waals surface area contributed by atoms with Gasteiger partial charge in [0.1, 0.15) is 12.7 Å². The SMILES string of the molecule is CCCCCC/C=C/CCCCCCCC1=NC=C[N+]1(CCN)CC(=O)O. The maximum absolute atomic E-state index is 11.2. The molecule has 27 heavy (non-hydrogen) atoms. The monoisotopic (exact) mass is 378 g/mol. The van der Waals surface area contributed by atoms with Gasteiger partial charge in [-0.2, -0.15) is 0 Å². The topological polar surface area (TPSA) is 75.7 Å². The van der Waals surface area contributed by atoms with Crippen molar-refractivity contribution in [2.24, 2.45) is 10.7 Å². The molecule has 0 aromatic rings. The molecule has 0 amide bonds. The van der Waals surface area contributed by atoms with Gasteiger partial charge >= 0.3 is 5.97 Å². The Labute approximate surface area is 165 Å². The largest absolute Gasteiger partial charge is 0.477 e. The molecule has 0 fully saturated rings. The smallest absolute Gasteiger partial charge is 0.360 e. The molecule has 5 heteroatoms. The van der Waals surface area contributed by atoms with Crippen molar-refractivity contribution in [1.82, 2.24) is 0 Å². The summed E-state index contributed by atoms with van der Waals surface area (Å²) in [7, 11) is 0. The molecular weight excluding hydrogens is 338 g/mol. The first-order chi connectivity index (χ1) is 13.1. The van der Waals surface area contributed by atoms with Gasteiger partial charge in [0.2, 0.25) is 5.84 Å². The van der Waals surface area contributed by atoms with Crippen LogP contribution in [0.25, 0.3) is 0 Å². The molecule has 0 bridgehead atoms. The first-order valence-corrected chi connectivity index (χ1v) is 10.8. The summed E-state index contributed by atoms with van der Waals surface area (Å²) < 4.78 is 0.300. The first kappa shape index (κ1) is 23.6. The van der Waals surface area contributed by atoms with Crippen LogP contribution in [0.15, 0.2) is 29.5 Å². The lowest BCUT2D eigenvalue weighted by atomic mass is 10.1. The van der Waals surface area contributed by atoms with E-state index in [1.54, 1.807) is 6.20 Å². The third-order valence-electron chi connectivity index (χ3n) is 5.20. The predicted molar refractivity (Wildman–Crippen MR) is 113 cm³/mol. The summed E-state index contributed by atoms with van der Waals surface area (Å²) in [5, 5.41) is 9.22. The minimum absolute atomic E-state index is 0.0390. The molecular formula is C22H40N3O2+. The van der Waals surface area contributed by atoms with E-state index in [2.05, 4.69) is 24.1 Å². The molecule has 1 rings (SSSR count). The van der Waals surface area contributed by atoms with Crippen LogP contribution >= 0.6 is 0 Å². The Hall–Kier alpha value is -1.46. The average Bonchev–Trinajstić information content (AvgIpc) is 3.00. The minimum Gasteiger partial charge on any atom is -0.477 e. The van der Waals surface area contributed by atoms with E-state index >= 15 is 0 Å². The molecule has 0 aromatic heterocycles. The van der Waals surface area contributed by atoms with Crippen molar-refractivity contribution in [2.45, 2.75) is 84.0 Å². The number of nitrogens with two attached hydrogens (primary N) is 1. The van der Waals surface area contributed by atoms with Gasteiger partial charge in [-0.05, 0) is 32.1 Å². The van der Waals surface area contributed by atoms with Gasteiger partial charge in [0.05, 0.1) is 6.20 Å². The Morgan fingerprint density at radius 1 is 1.07 bits per heavy atom. The van der Waals surface area contributed by atoms with E-state index in [-0.39, 0.29) is 6.54 Å². The Morgan fingerprint density at radius 3 is 2.33 bits per heavy atom. The second-order valence-corrected chi connectivity index (χ2v) is 7.57. The van der Waals surface area contributed by atoms with Gasteiger partial charge in [-0.3, -0.25) is 0 Å². The summed E-state index contributed by atoms with van der Waals surface area (Å²) in [5.74, 6) is 0.148. The highest BCUT2D eigenvalue weighted by atomic mass is 16.4. The van der Waals surface area contributed by atoms with Crippen molar-refractivity contribution in [3.05, 3.63) is 24.6 Å². The van der Waals surface area contributed by atoms with Gasteiger partial charge in [-0.25, -0.2) is 14.3 Å². The van der Waals surface area contributed by atoms with E-state index in [4.69, 9.17) is 5.73 Å². The average molecular weight is 379 g/mol. The van der Waals surface area contributed by atoms with E-state index in [1.165, 1.54) is 64.2 Å². The number of unbranched alkanes of at least 4 members (excludes halogenated alkanes) is 9. The number of carboxylic acid groups (broad SMARTS) is 1. The van der Waals surface area contributed by atoms with Crippen LogP contribution < -0.4 is 5.73 Å². The molecule has 0 saturated carbocycles. The highest BCUT2D eigenvalue weighted by Crippen LogP contribution is 2.21. The number of hydrogen-bond acceptors (Lipinski definition) is 3. The predicted octanol–water partition coefficient (Wildman–Crippen LogP) is 4.99. The van der Waals surface area contributed by atoms with Crippen LogP contribution in [0.1, 0.15) is 84.0 Å². The number of quaternary nitrogens is 1. The van der Waals surface area contributed by atoms with Crippen LogP contribution in [-0.2, 0) is 4.79 Å². The molecule has 1 aliphatic rings. The molecule has 1 heterocycles. The number of aliphatic imine (C=N–C) groups is 1. The number of allylic oxidation sites excluding steroid dienone is 2. The van der Waals surface area contributed by atoms with Crippen molar-refractivity contribution in [1.29, 1.82) is 0 Å². The van der Waals surface area contributed by atoms with Crippen molar-refractivity contribution in [2.75, 3.05) is 19.6 Å². The van der Waals surface area contributed by atoms with Gasteiger partial charge in [-0.15, -0.1) is 0 Å². The van der Waals surface area contributed by atoms with E-state index in [1.807, 2.05) is 6.20 Å². The Balaban J connectivity index is 2.10. The Morgan fingerprint density at radius 2 is 1.70 bits per heavy atom. The summed E-state index contributed by atoms with van der Waals surface area (Å²) in [4.78, 5) is 15.7. The molecule has 0 radical (unpaired) electrons.